The standard InChI is InChI=1S/C16H10ClN3/c17-13-7-1-6-12(10-13)14-8-2-4-11-5-3-9-15(16(11)14)19-20-18/h1-10H. The van der Waals surface area contributed by atoms with E-state index in [0.29, 0.717) is 10.7 Å². The second-order valence-electron chi connectivity index (χ2n) is 4.38. The molecule has 0 amide bonds. The summed E-state index contributed by atoms with van der Waals surface area (Å²) in [5.74, 6) is 0. The minimum atomic E-state index is 0.626. The number of hydrogen-bond acceptors (Lipinski definition) is 1. The molecule has 4 heteroatoms. The molecule has 96 valence electrons. The molecule has 3 nitrogen and oxygen atoms in total. The molecule has 0 unspecified atom stereocenters. The highest BCUT2D eigenvalue weighted by atomic mass is 35.5. The summed E-state index contributed by atoms with van der Waals surface area (Å²) < 4.78 is 0. The smallest absolute Gasteiger partial charge is 0.0460 e. The van der Waals surface area contributed by atoms with Crippen LogP contribution >= 0.6 is 11.6 Å². The van der Waals surface area contributed by atoms with Gasteiger partial charge in [0.2, 0.25) is 0 Å². The van der Waals surface area contributed by atoms with Crippen molar-refractivity contribution < 1.29 is 0 Å². The van der Waals surface area contributed by atoms with Crippen molar-refractivity contribution in [1.29, 1.82) is 0 Å². The summed E-state index contributed by atoms with van der Waals surface area (Å²) in [5.41, 5.74) is 11.4. The van der Waals surface area contributed by atoms with Gasteiger partial charge in [0, 0.05) is 15.6 Å². The van der Waals surface area contributed by atoms with Gasteiger partial charge in [0.1, 0.15) is 0 Å². The van der Waals surface area contributed by atoms with Gasteiger partial charge in [-0.15, -0.1) is 0 Å². The summed E-state index contributed by atoms with van der Waals surface area (Å²) in [7, 11) is 0. The Hall–Kier alpha value is -2.48. The van der Waals surface area contributed by atoms with Gasteiger partial charge in [-0.25, -0.2) is 0 Å². The zero-order valence-electron chi connectivity index (χ0n) is 10.5. The summed E-state index contributed by atoms with van der Waals surface area (Å²) in [6, 6.07) is 19.3. The summed E-state index contributed by atoms with van der Waals surface area (Å²) in [6.07, 6.45) is 0. The molecule has 0 aliphatic carbocycles. The van der Waals surface area contributed by atoms with Gasteiger partial charge in [-0.2, -0.15) is 0 Å². The van der Waals surface area contributed by atoms with Crippen LogP contribution in [0.4, 0.5) is 5.69 Å². The number of benzene rings is 3. The molecule has 0 saturated heterocycles. The predicted molar refractivity (Wildman–Crippen MR) is 83.2 cm³/mol. The first-order valence-electron chi connectivity index (χ1n) is 6.12. The van der Waals surface area contributed by atoms with Crippen molar-refractivity contribution in [3.8, 4) is 11.1 Å². The van der Waals surface area contributed by atoms with E-state index in [0.717, 1.165) is 21.9 Å². The molecule has 0 aliphatic heterocycles. The van der Waals surface area contributed by atoms with Crippen molar-refractivity contribution in [2.24, 2.45) is 5.11 Å². The molecular formula is C16H10ClN3. The van der Waals surface area contributed by atoms with Crippen LogP contribution in [0.1, 0.15) is 0 Å². The van der Waals surface area contributed by atoms with Crippen LogP contribution < -0.4 is 0 Å². The van der Waals surface area contributed by atoms with E-state index in [2.05, 4.69) is 10.0 Å². The van der Waals surface area contributed by atoms with Crippen molar-refractivity contribution in [3.05, 3.63) is 76.1 Å². The fourth-order valence-corrected chi connectivity index (χ4v) is 2.54. The van der Waals surface area contributed by atoms with Gasteiger partial charge in [0.05, 0.1) is 0 Å². The van der Waals surface area contributed by atoms with Gasteiger partial charge in [-0.3, -0.25) is 0 Å². The van der Waals surface area contributed by atoms with Crippen molar-refractivity contribution >= 4 is 28.1 Å². The molecule has 0 atom stereocenters. The van der Waals surface area contributed by atoms with Crippen LogP contribution in [-0.2, 0) is 0 Å². The zero-order chi connectivity index (χ0) is 13.9. The van der Waals surface area contributed by atoms with Crippen LogP contribution in [0.15, 0.2) is 65.8 Å². The van der Waals surface area contributed by atoms with E-state index in [-0.39, 0.29) is 0 Å². The van der Waals surface area contributed by atoms with Gasteiger partial charge in [-0.05, 0) is 39.6 Å². The van der Waals surface area contributed by atoms with Crippen molar-refractivity contribution in [2.45, 2.75) is 0 Å². The lowest BCUT2D eigenvalue weighted by Crippen LogP contribution is -1.82. The molecule has 0 bridgehead atoms. The summed E-state index contributed by atoms with van der Waals surface area (Å²) >= 11 is 6.06. The maximum Gasteiger partial charge on any atom is 0.0460 e. The number of hydrogen-bond donors (Lipinski definition) is 0. The Balaban J connectivity index is 2.38. The SMILES string of the molecule is [N-]=[N+]=Nc1cccc2cccc(-c3cccc(Cl)c3)c12. The Morgan fingerprint density at radius 3 is 2.45 bits per heavy atom. The third-order valence-corrected chi connectivity index (χ3v) is 3.41. The zero-order valence-corrected chi connectivity index (χ0v) is 11.2. The molecular weight excluding hydrogens is 270 g/mol. The maximum atomic E-state index is 8.72. The van der Waals surface area contributed by atoms with E-state index in [1.807, 2.05) is 60.7 Å². The summed E-state index contributed by atoms with van der Waals surface area (Å²) in [6.45, 7) is 0. The molecule has 0 N–H and O–H groups in total. The Labute approximate surface area is 121 Å². The molecule has 20 heavy (non-hydrogen) atoms. The van der Waals surface area contributed by atoms with E-state index < -0.39 is 0 Å². The molecule has 0 aliphatic rings. The first kappa shape index (κ1) is 12.5. The van der Waals surface area contributed by atoms with Crippen LogP contribution in [0.3, 0.4) is 0 Å². The summed E-state index contributed by atoms with van der Waals surface area (Å²) in [4.78, 5) is 2.91. The number of rotatable bonds is 2. The fraction of sp³-hybridized carbons (Fsp3) is 0. The molecule has 3 rings (SSSR count). The van der Waals surface area contributed by atoms with Crippen LogP contribution in [-0.4, -0.2) is 0 Å². The Morgan fingerprint density at radius 1 is 0.950 bits per heavy atom. The average molecular weight is 280 g/mol. The Bertz CT molecular complexity index is 831. The minimum Gasteiger partial charge on any atom is -0.0843 e. The second-order valence-corrected chi connectivity index (χ2v) is 4.82. The van der Waals surface area contributed by atoms with Crippen molar-refractivity contribution in [2.75, 3.05) is 0 Å². The highest BCUT2D eigenvalue weighted by Gasteiger charge is 2.07. The number of azide groups is 1. The van der Waals surface area contributed by atoms with E-state index >= 15 is 0 Å². The normalized spacial score (nSPS) is 10.2. The topological polar surface area (TPSA) is 48.8 Å². The number of fused-ring (bicyclic) bond motifs is 1. The van der Waals surface area contributed by atoms with Gasteiger partial charge in [0.25, 0.3) is 0 Å². The Kier molecular flexibility index (Phi) is 3.30. The van der Waals surface area contributed by atoms with Crippen LogP contribution in [0.25, 0.3) is 32.3 Å². The van der Waals surface area contributed by atoms with Gasteiger partial charge >= 0.3 is 0 Å². The van der Waals surface area contributed by atoms with E-state index in [1.165, 1.54) is 0 Å². The second kappa shape index (κ2) is 5.25. The van der Waals surface area contributed by atoms with Crippen LogP contribution in [0.5, 0.6) is 0 Å². The molecule has 0 fully saturated rings. The first-order valence-corrected chi connectivity index (χ1v) is 6.50. The van der Waals surface area contributed by atoms with Crippen molar-refractivity contribution in [3.63, 3.8) is 0 Å². The van der Waals surface area contributed by atoms with E-state index in [4.69, 9.17) is 17.1 Å². The molecule has 0 heterocycles. The van der Waals surface area contributed by atoms with E-state index in [1.54, 1.807) is 0 Å². The highest BCUT2D eigenvalue weighted by molar-refractivity contribution is 6.31. The largest absolute Gasteiger partial charge is 0.0843 e. The third-order valence-electron chi connectivity index (χ3n) is 3.17. The lowest BCUT2D eigenvalue weighted by atomic mass is 9.97. The summed E-state index contributed by atoms with van der Waals surface area (Å²) in [5, 5.41) is 6.45. The molecule has 0 radical (unpaired) electrons. The molecule has 3 aromatic carbocycles. The molecule has 0 spiro atoms. The van der Waals surface area contributed by atoms with Crippen LogP contribution in [0, 0.1) is 0 Å². The Morgan fingerprint density at radius 2 is 1.70 bits per heavy atom. The van der Waals surface area contributed by atoms with E-state index in [9.17, 15) is 0 Å². The fourth-order valence-electron chi connectivity index (χ4n) is 2.35. The predicted octanol–water partition coefficient (Wildman–Crippen LogP) is 6.10. The molecule has 3 aromatic rings. The molecule has 0 saturated carbocycles. The maximum absolute atomic E-state index is 8.72. The quantitative estimate of drug-likeness (QED) is 0.309. The van der Waals surface area contributed by atoms with Gasteiger partial charge in [-0.1, -0.05) is 65.2 Å². The number of nitrogens with zero attached hydrogens (tertiary/aromatic N) is 3. The monoisotopic (exact) mass is 279 g/mol. The van der Waals surface area contributed by atoms with Gasteiger partial charge < -0.3 is 0 Å². The third kappa shape index (κ3) is 2.21. The lowest BCUT2D eigenvalue weighted by Gasteiger charge is -2.09. The average Bonchev–Trinajstić information content (AvgIpc) is 2.47. The van der Waals surface area contributed by atoms with Crippen molar-refractivity contribution in [1.82, 2.24) is 0 Å². The first-order chi connectivity index (χ1) is 9.79. The van der Waals surface area contributed by atoms with Gasteiger partial charge in [0.15, 0.2) is 0 Å². The molecule has 0 aromatic heterocycles. The van der Waals surface area contributed by atoms with Crippen LogP contribution in [0.2, 0.25) is 5.02 Å². The minimum absolute atomic E-state index is 0.626. The number of halogens is 1. The lowest BCUT2D eigenvalue weighted by molar-refractivity contribution is 1.51. The highest BCUT2D eigenvalue weighted by Crippen LogP contribution is 2.36.